The van der Waals surface area contributed by atoms with Crippen LogP contribution in [0.4, 0.5) is 8.78 Å². The Bertz CT molecular complexity index is 423. The minimum absolute atomic E-state index is 0.0623. The maximum atomic E-state index is 13.3. The molecule has 1 aromatic rings. The minimum atomic E-state index is -1.05. The molecule has 1 unspecified atom stereocenters. The highest BCUT2D eigenvalue weighted by atomic mass is 19.2. The molecule has 0 fully saturated rings. The molecule has 0 N–H and O–H groups in total. The summed E-state index contributed by atoms with van der Waals surface area (Å²) in [4.78, 5) is 10.8. The Morgan fingerprint density at radius 1 is 1.53 bits per heavy atom. The Kier molecular flexibility index (Phi) is 3.51. The third kappa shape index (κ3) is 2.59. The van der Waals surface area contributed by atoms with E-state index in [1.54, 1.807) is 6.07 Å². The van der Waals surface area contributed by atoms with Crippen molar-refractivity contribution in [2.24, 2.45) is 0 Å². The van der Waals surface area contributed by atoms with Crippen molar-refractivity contribution in [3.63, 3.8) is 0 Å². The average Bonchev–Trinajstić information content (AvgIpc) is 2.19. The highest BCUT2D eigenvalue weighted by Crippen LogP contribution is 2.23. The summed E-state index contributed by atoms with van der Waals surface area (Å²) in [5.74, 6) is -3.20. The highest BCUT2D eigenvalue weighted by molar-refractivity contribution is 5.77. The van der Waals surface area contributed by atoms with Gasteiger partial charge in [-0.25, -0.2) is 8.78 Å². The zero-order chi connectivity index (χ0) is 11.4. The van der Waals surface area contributed by atoms with Crippen LogP contribution in [-0.4, -0.2) is 5.78 Å². The predicted molar refractivity (Wildman–Crippen MR) is 50.0 cm³/mol. The lowest BCUT2D eigenvalue weighted by Crippen LogP contribution is -2.05. The van der Waals surface area contributed by atoms with Gasteiger partial charge < -0.3 is 0 Å². The molecular formula is C11H9F2NO. The van der Waals surface area contributed by atoms with E-state index in [0.717, 1.165) is 6.07 Å². The first kappa shape index (κ1) is 11.3. The highest BCUT2D eigenvalue weighted by Gasteiger charge is 2.19. The van der Waals surface area contributed by atoms with Crippen LogP contribution in [0, 0.1) is 23.0 Å². The number of benzene rings is 1. The lowest BCUT2D eigenvalue weighted by molar-refractivity contribution is -0.117. The van der Waals surface area contributed by atoms with Crippen LogP contribution in [0.1, 0.15) is 24.8 Å². The zero-order valence-electron chi connectivity index (χ0n) is 8.13. The van der Waals surface area contributed by atoms with E-state index in [9.17, 15) is 13.6 Å². The molecule has 0 bridgehead atoms. The molecule has 0 aliphatic heterocycles. The first-order chi connectivity index (χ1) is 7.06. The van der Waals surface area contributed by atoms with Crippen LogP contribution in [0.25, 0.3) is 0 Å². The zero-order valence-corrected chi connectivity index (χ0v) is 8.13. The van der Waals surface area contributed by atoms with Gasteiger partial charge in [0.1, 0.15) is 5.78 Å². The number of rotatable bonds is 3. The van der Waals surface area contributed by atoms with Crippen molar-refractivity contribution in [3.05, 3.63) is 35.4 Å². The van der Waals surface area contributed by atoms with Crippen LogP contribution in [0.5, 0.6) is 0 Å². The number of carbonyl (C=O) groups excluding carboxylic acids is 1. The van der Waals surface area contributed by atoms with Gasteiger partial charge in [0.25, 0.3) is 0 Å². The third-order valence-electron chi connectivity index (χ3n) is 2.00. The van der Waals surface area contributed by atoms with Crippen molar-refractivity contribution in [3.8, 4) is 6.07 Å². The van der Waals surface area contributed by atoms with Crippen LogP contribution >= 0.6 is 0 Å². The second-order valence-corrected chi connectivity index (χ2v) is 3.23. The van der Waals surface area contributed by atoms with Gasteiger partial charge in [-0.15, -0.1) is 0 Å². The van der Waals surface area contributed by atoms with Crippen LogP contribution in [0.3, 0.4) is 0 Å². The summed E-state index contributed by atoms with van der Waals surface area (Å²) in [5, 5.41) is 8.75. The standard InChI is InChI=1S/C11H9F2NO/c1-7(15)5-8(6-14)9-3-2-4-10(12)11(9)13/h2-4,8H,5H2,1H3. The van der Waals surface area contributed by atoms with Gasteiger partial charge in [0.15, 0.2) is 11.6 Å². The maximum absolute atomic E-state index is 13.3. The van der Waals surface area contributed by atoms with E-state index in [1.165, 1.54) is 19.1 Å². The van der Waals surface area contributed by atoms with Gasteiger partial charge in [0.05, 0.1) is 12.0 Å². The lowest BCUT2D eigenvalue weighted by Gasteiger charge is -2.08. The van der Waals surface area contributed by atoms with Gasteiger partial charge in [0, 0.05) is 12.0 Å². The molecule has 2 nitrogen and oxygen atoms in total. The number of hydrogen-bond acceptors (Lipinski definition) is 2. The fourth-order valence-corrected chi connectivity index (χ4v) is 1.30. The normalized spacial score (nSPS) is 11.9. The molecule has 0 saturated heterocycles. The Morgan fingerprint density at radius 2 is 2.20 bits per heavy atom. The van der Waals surface area contributed by atoms with Gasteiger partial charge in [0.2, 0.25) is 0 Å². The summed E-state index contributed by atoms with van der Waals surface area (Å²) in [7, 11) is 0. The first-order valence-corrected chi connectivity index (χ1v) is 4.39. The molecular weight excluding hydrogens is 200 g/mol. The quantitative estimate of drug-likeness (QED) is 0.767. The minimum Gasteiger partial charge on any atom is -0.300 e. The average molecular weight is 209 g/mol. The number of Topliss-reactive ketones (excluding diaryl/α,β-unsaturated/α-hetero) is 1. The molecule has 1 atom stereocenters. The van der Waals surface area contributed by atoms with Gasteiger partial charge in [-0.1, -0.05) is 12.1 Å². The molecule has 1 aromatic carbocycles. The third-order valence-corrected chi connectivity index (χ3v) is 2.00. The van der Waals surface area contributed by atoms with E-state index >= 15 is 0 Å². The molecule has 0 aliphatic rings. The first-order valence-electron chi connectivity index (χ1n) is 4.39. The van der Waals surface area contributed by atoms with E-state index in [4.69, 9.17) is 5.26 Å². The van der Waals surface area contributed by atoms with Crippen molar-refractivity contribution in [2.75, 3.05) is 0 Å². The van der Waals surface area contributed by atoms with E-state index < -0.39 is 17.6 Å². The SMILES string of the molecule is CC(=O)CC(C#N)c1cccc(F)c1F. The summed E-state index contributed by atoms with van der Waals surface area (Å²) < 4.78 is 26.1. The van der Waals surface area contributed by atoms with Gasteiger partial charge in [-0.3, -0.25) is 4.79 Å². The van der Waals surface area contributed by atoms with E-state index in [1.807, 2.05) is 0 Å². The van der Waals surface area contributed by atoms with Crippen molar-refractivity contribution in [1.82, 2.24) is 0 Å². The van der Waals surface area contributed by atoms with Gasteiger partial charge >= 0.3 is 0 Å². The molecule has 0 saturated carbocycles. The Labute approximate surface area is 86.1 Å². The molecule has 0 aromatic heterocycles. The number of halogens is 2. The number of nitriles is 1. The Hall–Kier alpha value is -1.76. The Morgan fingerprint density at radius 3 is 2.73 bits per heavy atom. The number of carbonyl (C=O) groups is 1. The van der Waals surface area contributed by atoms with Crippen LogP contribution < -0.4 is 0 Å². The molecule has 15 heavy (non-hydrogen) atoms. The van der Waals surface area contributed by atoms with Crippen molar-refractivity contribution >= 4 is 5.78 Å². The molecule has 0 amide bonds. The summed E-state index contributed by atoms with van der Waals surface area (Å²) in [6.45, 7) is 1.31. The second-order valence-electron chi connectivity index (χ2n) is 3.23. The lowest BCUT2D eigenvalue weighted by atomic mass is 9.95. The second kappa shape index (κ2) is 4.65. The van der Waals surface area contributed by atoms with Crippen LogP contribution in [0.2, 0.25) is 0 Å². The van der Waals surface area contributed by atoms with E-state index in [2.05, 4.69) is 0 Å². The van der Waals surface area contributed by atoms with Crippen molar-refractivity contribution < 1.29 is 13.6 Å². The molecule has 1 rings (SSSR count). The summed E-state index contributed by atoms with van der Waals surface area (Å²) >= 11 is 0. The summed E-state index contributed by atoms with van der Waals surface area (Å²) in [6, 6.07) is 5.40. The fourth-order valence-electron chi connectivity index (χ4n) is 1.30. The molecule has 78 valence electrons. The molecule has 0 aliphatic carbocycles. The number of hydrogen-bond donors (Lipinski definition) is 0. The van der Waals surface area contributed by atoms with Gasteiger partial charge in [-0.2, -0.15) is 5.26 Å². The predicted octanol–water partition coefficient (Wildman–Crippen LogP) is 2.55. The topological polar surface area (TPSA) is 40.9 Å². The summed E-state index contributed by atoms with van der Waals surface area (Å²) in [5.41, 5.74) is -0.0623. The Balaban J connectivity index is 3.08. The molecule has 0 heterocycles. The van der Waals surface area contributed by atoms with Crippen LogP contribution in [0.15, 0.2) is 18.2 Å². The molecule has 4 heteroatoms. The smallest absolute Gasteiger partial charge is 0.163 e. The number of ketones is 1. The van der Waals surface area contributed by atoms with Crippen LogP contribution in [-0.2, 0) is 4.79 Å². The summed E-state index contributed by atoms with van der Waals surface area (Å²) in [6.07, 6.45) is -0.100. The number of nitrogens with zero attached hydrogens (tertiary/aromatic N) is 1. The fraction of sp³-hybridized carbons (Fsp3) is 0.273. The van der Waals surface area contributed by atoms with E-state index in [-0.39, 0.29) is 17.8 Å². The molecule has 0 spiro atoms. The largest absolute Gasteiger partial charge is 0.300 e. The van der Waals surface area contributed by atoms with Gasteiger partial charge in [-0.05, 0) is 13.0 Å². The van der Waals surface area contributed by atoms with Crippen molar-refractivity contribution in [1.29, 1.82) is 5.26 Å². The monoisotopic (exact) mass is 209 g/mol. The van der Waals surface area contributed by atoms with Crippen molar-refractivity contribution in [2.45, 2.75) is 19.3 Å². The maximum Gasteiger partial charge on any atom is 0.163 e. The molecule has 0 radical (unpaired) electrons. The van der Waals surface area contributed by atoms with E-state index in [0.29, 0.717) is 0 Å².